The van der Waals surface area contributed by atoms with E-state index in [-0.39, 0.29) is 0 Å². The topological polar surface area (TPSA) is 39.8 Å². The quantitative estimate of drug-likeness (QED) is 0.733. The highest BCUT2D eigenvalue weighted by Crippen LogP contribution is 2.07. The first kappa shape index (κ1) is 10.7. The lowest BCUT2D eigenvalue weighted by Gasteiger charge is -2.05. The van der Waals surface area contributed by atoms with Gasteiger partial charge in [0.2, 0.25) is 0 Å². The van der Waals surface area contributed by atoms with Crippen LogP contribution in [0.15, 0.2) is 24.5 Å². The van der Waals surface area contributed by atoms with Crippen LogP contribution in [0.1, 0.15) is 28.7 Å². The second-order valence-corrected chi connectivity index (χ2v) is 3.83. The molecule has 0 radical (unpaired) electrons. The molecule has 0 spiro atoms. The van der Waals surface area contributed by atoms with Gasteiger partial charge >= 0.3 is 0 Å². The predicted molar refractivity (Wildman–Crippen MR) is 61.6 cm³/mol. The lowest BCUT2D eigenvalue weighted by molar-refractivity contribution is 0.112. The third-order valence-electron chi connectivity index (χ3n) is 2.54. The molecule has 0 aliphatic heterocycles. The third kappa shape index (κ3) is 2.05. The summed E-state index contributed by atoms with van der Waals surface area (Å²) in [6.45, 7) is 5.68. The highest BCUT2D eigenvalue weighted by Gasteiger charge is 2.04. The first-order chi connectivity index (χ1) is 7.72. The molecular weight excluding hydrogens is 202 g/mol. The van der Waals surface area contributed by atoms with Crippen molar-refractivity contribution in [3.8, 4) is 0 Å². The average Bonchev–Trinajstić information content (AvgIpc) is 2.85. The zero-order valence-electron chi connectivity index (χ0n) is 9.55. The fourth-order valence-electron chi connectivity index (χ4n) is 1.81. The van der Waals surface area contributed by atoms with Crippen molar-refractivity contribution in [3.63, 3.8) is 0 Å². The Labute approximate surface area is 94.5 Å². The lowest BCUT2D eigenvalue weighted by Crippen LogP contribution is -2.06. The zero-order valence-corrected chi connectivity index (χ0v) is 9.55. The summed E-state index contributed by atoms with van der Waals surface area (Å²) >= 11 is 0. The van der Waals surface area contributed by atoms with Crippen molar-refractivity contribution in [3.05, 3.63) is 41.5 Å². The van der Waals surface area contributed by atoms with Crippen molar-refractivity contribution in [1.82, 2.24) is 14.3 Å². The minimum absolute atomic E-state index is 0.708. The van der Waals surface area contributed by atoms with Crippen molar-refractivity contribution in [2.75, 3.05) is 0 Å². The van der Waals surface area contributed by atoms with E-state index in [1.54, 1.807) is 0 Å². The lowest BCUT2D eigenvalue weighted by atomic mass is 10.3. The molecule has 0 fully saturated rings. The summed E-state index contributed by atoms with van der Waals surface area (Å²) in [4.78, 5) is 10.6. The molecule has 0 aliphatic rings. The van der Waals surface area contributed by atoms with Gasteiger partial charge in [-0.1, -0.05) is 0 Å². The Morgan fingerprint density at radius 2 is 2.31 bits per heavy atom. The summed E-state index contributed by atoms with van der Waals surface area (Å²) in [7, 11) is 0. The van der Waals surface area contributed by atoms with Crippen LogP contribution in [0.4, 0.5) is 0 Å². The Kier molecular flexibility index (Phi) is 2.90. The normalized spacial score (nSPS) is 10.6. The van der Waals surface area contributed by atoms with Crippen molar-refractivity contribution >= 4 is 6.29 Å². The van der Waals surface area contributed by atoms with Crippen LogP contribution in [0.5, 0.6) is 0 Å². The number of carbonyl (C=O) groups is 1. The Balaban J connectivity index is 2.22. The van der Waals surface area contributed by atoms with E-state index in [0.717, 1.165) is 30.8 Å². The molecule has 4 heteroatoms. The van der Waals surface area contributed by atoms with Gasteiger partial charge in [0, 0.05) is 24.5 Å². The Hall–Kier alpha value is -1.84. The number of aldehydes is 1. The van der Waals surface area contributed by atoms with Crippen LogP contribution in [0.2, 0.25) is 0 Å². The van der Waals surface area contributed by atoms with Crippen LogP contribution >= 0.6 is 0 Å². The summed E-state index contributed by atoms with van der Waals surface area (Å²) < 4.78 is 3.97. The summed E-state index contributed by atoms with van der Waals surface area (Å²) in [6.07, 6.45) is 4.61. The van der Waals surface area contributed by atoms with E-state index >= 15 is 0 Å². The minimum Gasteiger partial charge on any atom is -0.348 e. The van der Waals surface area contributed by atoms with Crippen molar-refractivity contribution in [1.29, 1.82) is 0 Å². The van der Waals surface area contributed by atoms with E-state index in [0.29, 0.717) is 5.56 Å². The highest BCUT2D eigenvalue weighted by atomic mass is 16.1. The van der Waals surface area contributed by atoms with E-state index < -0.39 is 0 Å². The van der Waals surface area contributed by atoms with Gasteiger partial charge in [0.05, 0.1) is 17.9 Å². The second-order valence-electron chi connectivity index (χ2n) is 3.83. The van der Waals surface area contributed by atoms with Crippen LogP contribution in [0.25, 0.3) is 0 Å². The van der Waals surface area contributed by atoms with E-state index in [4.69, 9.17) is 0 Å². The molecule has 0 saturated heterocycles. The Bertz CT molecular complexity index is 496. The highest BCUT2D eigenvalue weighted by molar-refractivity contribution is 5.74. The number of aromatic nitrogens is 3. The maximum Gasteiger partial charge on any atom is 0.151 e. The first-order valence-electron chi connectivity index (χ1n) is 5.37. The van der Waals surface area contributed by atoms with E-state index in [1.165, 1.54) is 0 Å². The largest absolute Gasteiger partial charge is 0.348 e. The van der Waals surface area contributed by atoms with Crippen LogP contribution < -0.4 is 0 Å². The van der Waals surface area contributed by atoms with Gasteiger partial charge in [0.1, 0.15) is 0 Å². The SMILES string of the molecule is CCn1nc(C)cc1Cn1ccc(C=O)c1. The second kappa shape index (κ2) is 4.35. The summed E-state index contributed by atoms with van der Waals surface area (Å²) in [5, 5.41) is 4.39. The van der Waals surface area contributed by atoms with Gasteiger partial charge in [-0.05, 0) is 26.0 Å². The standard InChI is InChI=1S/C12H15N3O/c1-3-15-12(6-10(2)13-15)8-14-5-4-11(7-14)9-16/h4-7,9H,3,8H2,1-2H3. The van der Waals surface area contributed by atoms with Crippen molar-refractivity contribution < 1.29 is 4.79 Å². The molecule has 0 aromatic carbocycles. The number of rotatable bonds is 4. The predicted octanol–water partition coefficient (Wildman–Crippen LogP) is 1.87. The van der Waals surface area contributed by atoms with Gasteiger partial charge in [-0.3, -0.25) is 9.48 Å². The summed E-state index contributed by atoms with van der Waals surface area (Å²) in [5.41, 5.74) is 2.90. The van der Waals surface area contributed by atoms with Crippen LogP contribution in [-0.4, -0.2) is 20.6 Å². The smallest absolute Gasteiger partial charge is 0.151 e. The molecule has 0 unspecified atom stereocenters. The van der Waals surface area contributed by atoms with Gasteiger partial charge in [-0.15, -0.1) is 0 Å². The van der Waals surface area contributed by atoms with Crippen LogP contribution in [0.3, 0.4) is 0 Å². The zero-order chi connectivity index (χ0) is 11.5. The number of hydrogen-bond donors (Lipinski definition) is 0. The fourth-order valence-corrected chi connectivity index (χ4v) is 1.81. The van der Waals surface area contributed by atoms with E-state index in [2.05, 4.69) is 18.1 Å². The third-order valence-corrected chi connectivity index (χ3v) is 2.54. The van der Waals surface area contributed by atoms with Gasteiger partial charge in [-0.2, -0.15) is 5.10 Å². The number of carbonyl (C=O) groups excluding carboxylic acids is 1. The van der Waals surface area contributed by atoms with Gasteiger partial charge < -0.3 is 4.57 Å². The number of hydrogen-bond acceptors (Lipinski definition) is 2. The van der Waals surface area contributed by atoms with E-state index in [1.807, 2.05) is 34.6 Å². The van der Waals surface area contributed by atoms with Gasteiger partial charge in [0.25, 0.3) is 0 Å². The molecule has 84 valence electrons. The molecule has 0 N–H and O–H groups in total. The van der Waals surface area contributed by atoms with Crippen LogP contribution in [0, 0.1) is 6.92 Å². The molecule has 0 aliphatic carbocycles. The molecule has 2 heterocycles. The molecule has 0 amide bonds. The Morgan fingerprint density at radius 3 is 2.94 bits per heavy atom. The fraction of sp³-hybridized carbons (Fsp3) is 0.333. The molecule has 2 rings (SSSR count). The molecule has 0 bridgehead atoms. The van der Waals surface area contributed by atoms with Crippen molar-refractivity contribution in [2.45, 2.75) is 26.9 Å². The molecular formula is C12H15N3O. The van der Waals surface area contributed by atoms with Gasteiger partial charge in [-0.25, -0.2) is 0 Å². The molecule has 2 aromatic heterocycles. The summed E-state index contributed by atoms with van der Waals surface area (Å²) in [6, 6.07) is 3.89. The van der Waals surface area contributed by atoms with Crippen LogP contribution in [-0.2, 0) is 13.1 Å². The molecule has 2 aromatic rings. The molecule has 0 saturated carbocycles. The van der Waals surface area contributed by atoms with Crippen molar-refractivity contribution in [2.24, 2.45) is 0 Å². The maximum absolute atomic E-state index is 10.6. The van der Waals surface area contributed by atoms with Gasteiger partial charge in [0.15, 0.2) is 6.29 Å². The molecule has 16 heavy (non-hydrogen) atoms. The monoisotopic (exact) mass is 217 g/mol. The average molecular weight is 217 g/mol. The first-order valence-corrected chi connectivity index (χ1v) is 5.37. The molecule has 0 atom stereocenters. The maximum atomic E-state index is 10.6. The number of aryl methyl sites for hydroxylation is 2. The minimum atomic E-state index is 0.708. The Morgan fingerprint density at radius 1 is 1.50 bits per heavy atom. The summed E-state index contributed by atoms with van der Waals surface area (Å²) in [5.74, 6) is 0. The van der Waals surface area contributed by atoms with E-state index in [9.17, 15) is 4.79 Å². The molecule has 4 nitrogen and oxygen atoms in total. The number of nitrogens with zero attached hydrogens (tertiary/aromatic N) is 3.